The number of carboxylic acids is 1. The van der Waals surface area contributed by atoms with Crippen molar-refractivity contribution in [1.29, 1.82) is 0 Å². The lowest BCUT2D eigenvalue weighted by Gasteiger charge is -2.15. The van der Waals surface area contributed by atoms with E-state index in [2.05, 4.69) is 4.72 Å². The van der Waals surface area contributed by atoms with E-state index in [1.165, 1.54) is 12.1 Å². The summed E-state index contributed by atoms with van der Waals surface area (Å²) < 4.78 is 102. The second-order valence-electron chi connectivity index (χ2n) is 10.7. The Balaban J connectivity index is 1.85. The summed E-state index contributed by atoms with van der Waals surface area (Å²) in [7, 11) is -14.5. The minimum Gasteiger partial charge on any atom is -0.478 e. The fraction of sp³-hybridized carbons (Fsp3) is 0.179. The predicted octanol–water partition coefficient (Wildman–Crippen LogP) is 1.42. The first-order valence-electron chi connectivity index (χ1n) is 14.0. The molecule has 2 amide bonds. The monoisotopic (exact) mass is 753 g/mol. The van der Waals surface area contributed by atoms with Crippen molar-refractivity contribution >= 4 is 87.3 Å². The lowest BCUT2D eigenvalue weighted by molar-refractivity contribution is -0.172. The number of carbonyl (C=O) groups is 4. The van der Waals surface area contributed by atoms with Crippen LogP contribution in [0.3, 0.4) is 0 Å². The second-order valence-corrected chi connectivity index (χ2v) is 15.4. The van der Waals surface area contributed by atoms with Gasteiger partial charge in [-0.05, 0) is 54.4 Å². The fourth-order valence-corrected chi connectivity index (χ4v) is 7.82. The number of benzene rings is 3. The number of carbonyl (C=O) groups excluding carboxylic acids is 3. The van der Waals surface area contributed by atoms with E-state index in [-0.39, 0.29) is 39.8 Å². The molecular formula is C28H25N4O15S3+. The van der Waals surface area contributed by atoms with E-state index in [0.29, 0.717) is 0 Å². The van der Waals surface area contributed by atoms with E-state index in [9.17, 15) is 54.1 Å². The van der Waals surface area contributed by atoms with Gasteiger partial charge in [-0.25, -0.2) is 27.1 Å². The van der Waals surface area contributed by atoms with Gasteiger partial charge in [-0.15, -0.1) is 5.06 Å². The van der Waals surface area contributed by atoms with E-state index in [1.54, 1.807) is 0 Å². The van der Waals surface area contributed by atoms with Crippen molar-refractivity contribution in [3.63, 3.8) is 0 Å². The molecule has 0 bridgehead atoms. The number of aromatic carboxylic acids is 1. The number of fused-ring (bicyclic) bond motifs is 2. The number of imide groups is 1. The first kappa shape index (κ1) is 36.0. The van der Waals surface area contributed by atoms with Crippen molar-refractivity contribution in [2.45, 2.75) is 29.1 Å². The number of nitrogens with one attached hydrogen (secondary N) is 1. The van der Waals surface area contributed by atoms with Gasteiger partial charge < -0.3 is 21.4 Å². The number of nitrogens with two attached hydrogens (primary N) is 2. The van der Waals surface area contributed by atoms with Gasteiger partial charge >= 0.3 is 33.2 Å². The Morgan fingerprint density at radius 3 is 1.96 bits per heavy atom. The molecule has 1 saturated heterocycles. The third-order valence-electron chi connectivity index (χ3n) is 7.36. The van der Waals surface area contributed by atoms with Crippen LogP contribution in [0.2, 0.25) is 0 Å². The highest BCUT2D eigenvalue weighted by molar-refractivity contribution is 7.90. The Morgan fingerprint density at radius 2 is 1.42 bits per heavy atom. The van der Waals surface area contributed by atoms with Crippen LogP contribution in [-0.2, 0) is 44.7 Å². The summed E-state index contributed by atoms with van der Waals surface area (Å²) in [5.41, 5.74) is 7.85. The highest BCUT2D eigenvalue weighted by Gasteiger charge is 2.38. The third-order valence-corrected chi connectivity index (χ3v) is 10.6. The molecule has 2 heterocycles. The summed E-state index contributed by atoms with van der Waals surface area (Å²) in [5.74, 6) is -5.28. The molecule has 0 aliphatic carbocycles. The van der Waals surface area contributed by atoms with Gasteiger partial charge in [0.05, 0.1) is 39.0 Å². The second kappa shape index (κ2) is 12.9. The van der Waals surface area contributed by atoms with Crippen LogP contribution in [0.15, 0.2) is 56.7 Å². The molecule has 8 N–H and O–H groups in total. The summed E-state index contributed by atoms with van der Waals surface area (Å²) in [5, 5.41) is 9.92. The highest BCUT2D eigenvalue weighted by atomic mass is 32.2. The van der Waals surface area contributed by atoms with Gasteiger partial charge in [-0.1, -0.05) is 0 Å². The number of nitrogen functional groups attached to an aromatic ring is 2. The van der Waals surface area contributed by atoms with Crippen LogP contribution in [0.25, 0.3) is 33.1 Å². The predicted molar refractivity (Wildman–Crippen MR) is 172 cm³/mol. The van der Waals surface area contributed by atoms with Gasteiger partial charge in [0.25, 0.3) is 32.0 Å². The van der Waals surface area contributed by atoms with Gasteiger partial charge in [0.15, 0.2) is 0 Å². The SMILES string of the molecule is Nc1ccc2c(-c3cc(C(=O)ON4C(=O)CCC4=O)ccc3C(=O)O)c3ccc(N)c(S(=O)(=O)NCCCS(=O)(=O)O)c3[o+]c2c1S(=O)(=O)O. The fourth-order valence-electron chi connectivity index (χ4n) is 5.22. The molecule has 50 heavy (non-hydrogen) atoms. The molecule has 5 rings (SSSR count). The molecule has 4 aromatic rings. The van der Waals surface area contributed by atoms with Crippen molar-refractivity contribution in [2.75, 3.05) is 23.8 Å². The topological polar surface area (TPSA) is 319 Å². The van der Waals surface area contributed by atoms with E-state index in [4.69, 9.17) is 25.3 Å². The molecule has 1 fully saturated rings. The summed E-state index contributed by atoms with van der Waals surface area (Å²) in [6.07, 6.45) is -0.829. The molecule has 1 aliphatic rings. The Bertz CT molecular complexity index is 2480. The summed E-state index contributed by atoms with van der Waals surface area (Å²) in [6, 6.07) is 7.41. The van der Waals surface area contributed by atoms with E-state index >= 15 is 0 Å². The number of sulfonamides is 1. The van der Waals surface area contributed by atoms with Crippen LogP contribution in [-0.4, -0.2) is 80.6 Å². The minimum atomic E-state index is -5.25. The molecule has 22 heteroatoms. The number of hydroxylamine groups is 2. The lowest BCUT2D eigenvalue weighted by Crippen LogP contribution is -2.32. The van der Waals surface area contributed by atoms with Crippen LogP contribution in [0, 0.1) is 0 Å². The molecule has 0 unspecified atom stereocenters. The Kier molecular flexibility index (Phi) is 9.29. The number of anilines is 2. The Labute approximate surface area is 281 Å². The van der Waals surface area contributed by atoms with Gasteiger partial charge in [0.2, 0.25) is 9.79 Å². The molecule has 0 saturated carbocycles. The summed E-state index contributed by atoms with van der Waals surface area (Å²) >= 11 is 0. The first-order valence-corrected chi connectivity index (χ1v) is 18.5. The molecule has 0 spiro atoms. The Hall–Kier alpha value is -5.26. The largest absolute Gasteiger partial charge is 0.478 e. The Morgan fingerprint density at radius 1 is 0.860 bits per heavy atom. The molecule has 19 nitrogen and oxygen atoms in total. The van der Waals surface area contributed by atoms with E-state index in [0.717, 1.165) is 30.3 Å². The van der Waals surface area contributed by atoms with Crippen molar-refractivity contribution in [3.05, 3.63) is 53.6 Å². The summed E-state index contributed by atoms with van der Waals surface area (Å²) in [6.45, 7) is -0.545. The lowest BCUT2D eigenvalue weighted by atomic mass is 9.91. The van der Waals surface area contributed by atoms with Crippen LogP contribution < -0.4 is 16.2 Å². The zero-order valence-corrected chi connectivity index (χ0v) is 27.6. The minimum absolute atomic E-state index is 0.218. The highest BCUT2D eigenvalue weighted by Crippen LogP contribution is 2.44. The quantitative estimate of drug-likeness (QED) is 0.0315. The average Bonchev–Trinajstić information content (AvgIpc) is 3.32. The van der Waals surface area contributed by atoms with E-state index in [1.807, 2.05) is 0 Å². The van der Waals surface area contributed by atoms with Crippen LogP contribution in [0.1, 0.15) is 40.0 Å². The maximum atomic E-state index is 13.6. The maximum absolute atomic E-state index is 13.6. The van der Waals surface area contributed by atoms with Crippen LogP contribution in [0.4, 0.5) is 11.4 Å². The maximum Gasteiger partial charge on any atom is 0.384 e. The molecule has 1 aromatic heterocycles. The van der Waals surface area contributed by atoms with Crippen LogP contribution >= 0.6 is 0 Å². The van der Waals surface area contributed by atoms with Gasteiger partial charge in [-0.2, -0.15) is 16.8 Å². The van der Waals surface area contributed by atoms with Crippen molar-refractivity contribution < 1.29 is 67.9 Å². The van der Waals surface area contributed by atoms with E-state index < -0.39 is 116 Å². The number of hydrogen-bond acceptors (Lipinski definition) is 13. The molecular weight excluding hydrogens is 729 g/mol. The van der Waals surface area contributed by atoms with Gasteiger partial charge in [0, 0.05) is 24.9 Å². The average molecular weight is 754 g/mol. The number of nitrogens with zero attached hydrogens (tertiary/aromatic N) is 1. The van der Waals surface area contributed by atoms with Crippen molar-refractivity contribution in [1.82, 2.24) is 9.79 Å². The number of carboxylic acid groups (broad SMARTS) is 1. The molecule has 0 radical (unpaired) electrons. The molecule has 3 aromatic carbocycles. The number of hydrogen-bond donors (Lipinski definition) is 6. The summed E-state index contributed by atoms with van der Waals surface area (Å²) in [4.78, 5) is 52.8. The van der Waals surface area contributed by atoms with Crippen LogP contribution in [0.5, 0.6) is 0 Å². The molecule has 264 valence electrons. The molecule has 1 aliphatic heterocycles. The van der Waals surface area contributed by atoms with Crippen molar-refractivity contribution in [2.24, 2.45) is 0 Å². The first-order chi connectivity index (χ1) is 23.2. The van der Waals surface area contributed by atoms with Crippen molar-refractivity contribution in [3.8, 4) is 11.1 Å². The standard InChI is InChI=1S/C28H24N4O15S3/c29-18-6-4-15-22(17-12-13(2-3-14(17)27(35)36)28(37)47-32-20(33)8-9-21(32)34)16-5-7-19(30)26(50(43,44)45)24(16)46-23(15)25(18)49(41,42)31-10-1-11-48(38,39)40/h2-7,12,31H,1,8-11,29-30H2,(H2-,35,36,38,39,40,43,44,45)/p+1. The normalized spacial score (nSPS) is 14.1. The van der Waals surface area contributed by atoms with Gasteiger partial charge in [-0.3, -0.25) is 18.7 Å². The number of amides is 2. The smallest absolute Gasteiger partial charge is 0.384 e. The third kappa shape index (κ3) is 6.92. The van der Waals surface area contributed by atoms with Gasteiger partial charge in [0.1, 0.15) is 0 Å². The molecule has 0 atom stereocenters. The number of rotatable bonds is 11. The zero-order chi connectivity index (χ0) is 36.9. The zero-order valence-electron chi connectivity index (χ0n) is 25.1.